The first-order valence-corrected chi connectivity index (χ1v) is 7.37. The second kappa shape index (κ2) is 7.17. The molecule has 1 aromatic rings. The number of benzene rings is 1. The SMILES string of the molecule is CC(C)(C)NS(=O)(=O)c1cc(NC(=O)CN)ccc1F.Cl. The molecule has 0 radical (unpaired) electrons. The molecule has 9 heteroatoms. The van der Waals surface area contributed by atoms with Gasteiger partial charge in [-0.15, -0.1) is 12.4 Å². The molecule has 0 spiro atoms. The first-order valence-electron chi connectivity index (χ1n) is 5.88. The van der Waals surface area contributed by atoms with Crippen LogP contribution in [-0.4, -0.2) is 26.4 Å². The Kier molecular flexibility index (Phi) is 6.75. The zero-order valence-corrected chi connectivity index (χ0v) is 13.6. The lowest BCUT2D eigenvalue weighted by Gasteiger charge is -2.20. The Morgan fingerprint density at radius 1 is 1.33 bits per heavy atom. The molecular formula is C12H19ClFN3O3S. The van der Waals surface area contributed by atoms with E-state index in [9.17, 15) is 17.6 Å². The van der Waals surface area contributed by atoms with E-state index < -0.39 is 32.2 Å². The summed E-state index contributed by atoms with van der Waals surface area (Å²) in [5, 5.41) is 2.37. The van der Waals surface area contributed by atoms with E-state index in [1.54, 1.807) is 20.8 Å². The van der Waals surface area contributed by atoms with Gasteiger partial charge in [0.1, 0.15) is 10.7 Å². The van der Waals surface area contributed by atoms with Crippen LogP contribution in [0, 0.1) is 5.82 Å². The van der Waals surface area contributed by atoms with E-state index in [1.165, 1.54) is 6.07 Å². The molecule has 0 atom stereocenters. The van der Waals surface area contributed by atoms with Gasteiger partial charge in [0.25, 0.3) is 0 Å². The van der Waals surface area contributed by atoms with E-state index >= 15 is 0 Å². The van der Waals surface area contributed by atoms with Gasteiger partial charge in [0, 0.05) is 11.2 Å². The molecule has 0 aliphatic carbocycles. The van der Waals surface area contributed by atoms with Crippen LogP contribution in [0.3, 0.4) is 0 Å². The minimum Gasteiger partial charge on any atom is -0.325 e. The summed E-state index contributed by atoms with van der Waals surface area (Å²) >= 11 is 0. The number of sulfonamides is 1. The van der Waals surface area contributed by atoms with E-state index in [1.807, 2.05) is 0 Å². The highest BCUT2D eigenvalue weighted by Crippen LogP contribution is 2.21. The Bertz CT molecular complexity index is 615. The number of halogens is 2. The average molecular weight is 340 g/mol. The molecule has 0 unspecified atom stereocenters. The van der Waals surface area contributed by atoms with Crippen molar-refractivity contribution in [3.8, 4) is 0 Å². The molecule has 0 saturated carbocycles. The van der Waals surface area contributed by atoms with Crippen molar-refractivity contribution in [1.82, 2.24) is 4.72 Å². The standard InChI is InChI=1S/C12H18FN3O3S.ClH/c1-12(2,3)16-20(18,19)10-6-8(4-5-9(10)13)15-11(17)7-14;/h4-6,16H,7,14H2,1-3H3,(H,15,17);1H. The maximum atomic E-state index is 13.7. The van der Waals surface area contributed by atoms with Gasteiger partial charge in [-0.25, -0.2) is 17.5 Å². The quantitative estimate of drug-likeness (QED) is 0.767. The summed E-state index contributed by atoms with van der Waals surface area (Å²) in [5.74, 6) is -1.39. The lowest BCUT2D eigenvalue weighted by molar-refractivity contribution is -0.114. The van der Waals surface area contributed by atoms with E-state index in [4.69, 9.17) is 5.73 Å². The lowest BCUT2D eigenvalue weighted by atomic mass is 10.1. The molecule has 0 saturated heterocycles. The van der Waals surface area contributed by atoms with Gasteiger partial charge < -0.3 is 11.1 Å². The van der Waals surface area contributed by atoms with Gasteiger partial charge in [-0.1, -0.05) is 0 Å². The van der Waals surface area contributed by atoms with Gasteiger partial charge >= 0.3 is 0 Å². The third kappa shape index (κ3) is 5.96. The zero-order chi connectivity index (χ0) is 15.6. The fourth-order valence-electron chi connectivity index (χ4n) is 1.46. The highest BCUT2D eigenvalue weighted by atomic mass is 35.5. The van der Waals surface area contributed by atoms with Gasteiger partial charge in [-0.05, 0) is 39.0 Å². The molecule has 0 bridgehead atoms. The Hall–Kier alpha value is -1.22. The largest absolute Gasteiger partial charge is 0.325 e. The first kappa shape index (κ1) is 19.8. The third-order valence-electron chi connectivity index (χ3n) is 2.13. The van der Waals surface area contributed by atoms with Gasteiger partial charge in [-0.2, -0.15) is 0 Å². The third-order valence-corrected chi connectivity index (χ3v) is 3.90. The van der Waals surface area contributed by atoms with Crippen LogP contribution >= 0.6 is 12.4 Å². The highest BCUT2D eigenvalue weighted by molar-refractivity contribution is 7.89. The Morgan fingerprint density at radius 3 is 2.38 bits per heavy atom. The normalized spacial score (nSPS) is 11.7. The van der Waals surface area contributed by atoms with Crippen LogP contribution in [0.4, 0.5) is 10.1 Å². The number of carbonyl (C=O) groups excluding carboxylic acids is 1. The molecule has 0 heterocycles. The first-order chi connectivity index (χ1) is 9.05. The van der Waals surface area contributed by atoms with Crippen LogP contribution < -0.4 is 15.8 Å². The Balaban J connectivity index is 0.00000400. The van der Waals surface area contributed by atoms with Crippen molar-refractivity contribution in [2.45, 2.75) is 31.2 Å². The number of hydrogen-bond donors (Lipinski definition) is 3. The molecule has 0 aliphatic heterocycles. The van der Waals surface area contributed by atoms with Crippen LogP contribution in [0.5, 0.6) is 0 Å². The molecule has 21 heavy (non-hydrogen) atoms. The van der Waals surface area contributed by atoms with Crippen LogP contribution in [0.15, 0.2) is 23.1 Å². The summed E-state index contributed by atoms with van der Waals surface area (Å²) in [7, 11) is -4.02. The van der Waals surface area contributed by atoms with Crippen molar-refractivity contribution < 1.29 is 17.6 Å². The molecule has 0 aliphatic rings. The molecule has 1 amide bonds. The molecule has 120 valence electrons. The fourth-order valence-corrected chi connectivity index (χ4v) is 2.98. The minimum atomic E-state index is -4.02. The number of rotatable bonds is 4. The topological polar surface area (TPSA) is 101 Å². The summed E-state index contributed by atoms with van der Waals surface area (Å²) in [4.78, 5) is 10.6. The van der Waals surface area contributed by atoms with Crippen molar-refractivity contribution in [2.24, 2.45) is 5.73 Å². The van der Waals surface area contributed by atoms with Gasteiger partial charge in [0.15, 0.2) is 0 Å². The number of anilines is 1. The second-order valence-electron chi connectivity index (χ2n) is 5.25. The van der Waals surface area contributed by atoms with E-state index in [0.29, 0.717) is 0 Å². The molecule has 6 nitrogen and oxygen atoms in total. The number of carbonyl (C=O) groups is 1. The smallest absolute Gasteiger partial charge is 0.244 e. The van der Waals surface area contributed by atoms with Crippen molar-refractivity contribution in [3.63, 3.8) is 0 Å². The number of hydrogen-bond acceptors (Lipinski definition) is 4. The number of amides is 1. The summed E-state index contributed by atoms with van der Waals surface area (Å²) in [5.41, 5.74) is 4.56. The molecule has 4 N–H and O–H groups in total. The molecule has 1 rings (SSSR count). The van der Waals surface area contributed by atoms with Crippen molar-refractivity contribution in [2.75, 3.05) is 11.9 Å². The maximum absolute atomic E-state index is 13.7. The van der Waals surface area contributed by atoms with Gasteiger partial charge in [-0.3, -0.25) is 4.79 Å². The zero-order valence-electron chi connectivity index (χ0n) is 11.9. The van der Waals surface area contributed by atoms with Gasteiger partial charge in [0.05, 0.1) is 6.54 Å². The highest BCUT2D eigenvalue weighted by Gasteiger charge is 2.25. The van der Waals surface area contributed by atoms with E-state index in [2.05, 4.69) is 10.0 Å². The van der Waals surface area contributed by atoms with E-state index in [-0.39, 0.29) is 24.6 Å². The summed E-state index contributed by atoms with van der Waals surface area (Å²) in [6.07, 6.45) is 0. The second-order valence-corrected chi connectivity index (χ2v) is 6.90. The molecular weight excluding hydrogens is 321 g/mol. The van der Waals surface area contributed by atoms with E-state index in [0.717, 1.165) is 12.1 Å². The predicted octanol–water partition coefficient (Wildman–Crippen LogP) is 1.22. The van der Waals surface area contributed by atoms with Crippen LogP contribution in [-0.2, 0) is 14.8 Å². The maximum Gasteiger partial charge on any atom is 0.244 e. The molecule has 1 aromatic carbocycles. The molecule has 0 aromatic heterocycles. The monoisotopic (exact) mass is 339 g/mol. The number of nitrogens with one attached hydrogen (secondary N) is 2. The van der Waals surface area contributed by atoms with Crippen LogP contribution in [0.25, 0.3) is 0 Å². The van der Waals surface area contributed by atoms with Gasteiger partial charge in [0.2, 0.25) is 15.9 Å². The molecule has 0 fully saturated rings. The van der Waals surface area contributed by atoms with Crippen molar-refractivity contribution in [3.05, 3.63) is 24.0 Å². The summed E-state index contributed by atoms with van der Waals surface area (Å²) in [6, 6.07) is 3.29. The van der Waals surface area contributed by atoms with Crippen molar-refractivity contribution in [1.29, 1.82) is 0 Å². The Labute approximate surface area is 129 Å². The Morgan fingerprint density at radius 2 is 1.90 bits per heavy atom. The number of nitrogens with two attached hydrogens (primary N) is 1. The lowest BCUT2D eigenvalue weighted by Crippen LogP contribution is -2.40. The fraction of sp³-hybridized carbons (Fsp3) is 0.417. The predicted molar refractivity (Wildman–Crippen MR) is 81.4 cm³/mol. The van der Waals surface area contributed by atoms with Crippen LogP contribution in [0.1, 0.15) is 20.8 Å². The summed E-state index contributed by atoms with van der Waals surface area (Å²) in [6.45, 7) is 4.67. The average Bonchev–Trinajstić information content (AvgIpc) is 2.28. The minimum absolute atomic E-state index is 0. The summed E-state index contributed by atoms with van der Waals surface area (Å²) < 4.78 is 40.2. The van der Waals surface area contributed by atoms with Crippen LogP contribution in [0.2, 0.25) is 0 Å². The van der Waals surface area contributed by atoms with Crippen molar-refractivity contribution >= 4 is 34.0 Å².